The predicted molar refractivity (Wildman–Crippen MR) is 88.3 cm³/mol. The predicted octanol–water partition coefficient (Wildman–Crippen LogP) is 2.21. The summed E-state index contributed by atoms with van der Waals surface area (Å²) < 4.78 is 0. The molecule has 1 aromatic rings. The van der Waals surface area contributed by atoms with Crippen LogP contribution in [0.3, 0.4) is 0 Å². The van der Waals surface area contributed by atoms with Crippen LogP contribution in [0.1, 0.15) is 25.0 Å². The fraction of sp³-hybridized carbons (Fsp3) is 0.500. The second-order valence-electron chi connectivity index (χ2n) is 5.45. The van der Waals surface area contributed by atoms with Gasteiger partial charge in [0.1, 0.15) is 0 Å². The molecule has 0 fully saturated rings. The molecule has 0 spiro atoms. The Morgan fingerprint density at radius 3 is 2.43 bits per heavy atom. The van der Waals surface area contributed by atoms with E-state index in [1.165, 1.54) is 16.0 Å². The molecule has 0 aliphatic heterocycles. The van der Waals surface area contributed by atoms with Crippen LogP contribution in [0, 0.1) is 6.92 Å². The highest BCUT2D eigenvalue weighted by molar-refractivity contribution is 7.99. The molecule has 116 valence electrons. The SMILES string of the molecule is Cc1ccc(CSCC(=O)N(C)CC(=O)NC(C)C)cc1. The van der Waals surface area contributed by atoms with Crippen LogP contribution in [-0.2, 0) is 15.3 Å². The first kappa shape index (κ1) is 17.6. The quantitative estimate of drug-likeness (QED) is 0.840. The van der Waals surface area contributed by atoms with E-state index in [1.807, 2.05) is 13.8 Å². The highest BCUT2D eigenvalue weighted by Gasteiger charge is 2.13. The molecule has 1 aromatic carbocycles. The largest absolute Gasteiger partial charge is 0.352 e. The first-order chi connectivity index (χ1) is 9.88. The second-order valence-corrected chi connectivity index (χ2v) is 6.44. The van der Waals surface area contributed by atoms with Crippen LogP contribution in [0.4, 0.5) is 0 Å². The highest BCUT2D eigenvalue weighted by Crippen LogP contribution is 2.13. The summed E-state index contributed by atoms with van der Waals surface area (Å²) in [5, 5.41) is 2.78. The van der Waals surface area contributed by atoms with Gasteiger partial charge in [0.15, 0.2) is 0 Å². The van der Waals surface area contributed by atoms with Crippen molar-refractivity contribution >= 4 is 23.6 Å². The van der Waals surface area contributed by atoms with Gasteiger partial charge < -0.3 is 10.2 Å². The van der Waals surface area contributed by atoms with E-state index in [9.17, 15) is 9.59 Å². The third kappa shape index (κ3) is 7.18. The lowest BCUT2D eigenvalue weighted by Gasteiger charge is -2.17. The molecule has 0 saturated heterocycles. The molecule has 0 heterocycles. The molecule has 0 unspecified atom stereocenters. The molecular weight excluding hydrogens is 284 g/mol. The molecule has 4 nitrogen and oxygen atoms in total. The molecule has 0 saturated carbocycles. The smallest absolute Gasteiger partial charge is 0.239 e. The van der Waals surface area contributed by atoms with Crippen molar-refractivity contribution in [1.82, 2.24) is 10.2 Å². The number of carbonyl (C=O) groups excluding carboxylic acids is 2. The fourth-order valence-electron chi connectivity index (χ4n) is 1.72. The van der Waals surface area contributed by atoms with Crippen LogP contribution >= 0.6 is 11.8 Å². The molecule has 1 N–H and O–H groups in total. The van der Waals surface area contributed by atoms with E-state index in [0.29, 0.717) is 5.75 Å². The van der Waals surface area contributed by atoms with Crippen molar-refractivity contribution in [3.8, 4) is 0 Å². The number of likely N-dealkylation sites (N-methyl/N-ethyl adjacent to an activating group) is 1. The Kier molecular flexibility index (Phi) is 7.29. The van der Waals surface area contributed by atoms with Crippen LogP contribution < -0.4 is 5.32 Å². The minimum atomic E-state index is -0.121. The number of amides is 2. The molecule has 5 heteroatoms. The topological polar surface area (TPSA) is 49.4 Å². The van der Waals surface area contributed by atoms with Crippen molar-refractivity contribution in [1.29, 1.82) is 0 Å². The second kappa shape index (κ2) is 8.72. The Hall–Kier alpha value is -1.49. The van der Waals surface area contributed by atoms with Crippen molar-refractivity contribution in [2.24, 2.45) is 0 Å². The lowest BCUT2D eigenvalue weighted by Crippen LogP contribution is -2.41. The van der Waals surface area contributed by atoms with Gasteiger partial charge in [0.2, 0.25) is 11.8 Å². The zero-order valence-electron chi connectivity index (χ0n) is 13.2. The first-order valence-electron chi connectivity index (χ1n) is 7.05. The van der Waals surface area contributed by atoms with E-state index in [4.69, 9.17) is 0 Å². The van der Waals surface area contributed by atoms with Gasteiger partial charge in [-0.25, -0.2) is 0 Å². The summed E-state index contributed by atoms with van der Waals surface area (Å²) in [6.07, 6.45) is 0. The summed E-state index contributed by atoms with van der Waals surface area (Å²) >= 11 is 1.57. The Labute approximate surface area is 131 Å². The number of benzene rings is 1. The number of thioether (sulfide) groups is 1. The average molecular weight is 308 g/mol. The molecule has 1 rings (SSSR count). The third-order valence-corrected chi connectivity index (χ3v) is 3.86. The van der Waals surface area contributed by atoms with E-state index in [1.54, 1.807) is 18.8 Å². The average Bonchev–Trinajstić information content (AvgIpc) is 2.39. The summed E-state index contributed by atoms with van der Waals surface area (Å²) in [6.45, 7) is 5.97. The maximum atomic E-state index is 11.9. The summed E-state index contributed by atoms with van der Waals surface area (Å²) in [5.74, 6) is 1.05. The number of aryl methyl sites for hydroxylation is 1. The number of carbonyl (C=O) groups is 2. The van der Waals surface area contributed by atoms with E-state index in [0.717, 1.165) is 5.75 Å². The van der Waals surface area contributed by atoms with Crippen molar-refractivity contribution in [2.75, 3.05) is 19.3 Å². The van der Waals surface area contributed by atoms with Crippen LogP contribution in [-0.4, -0.2) is 42.1 Å². The Bertz CT molecular complexity index is 472. The van der Waals surface area contributed by atoms with Gasteiger partial charge >= 0.3 is 0 Å². The van der Waals surface area contributed by atoms with Gasteiger partial charge in [0.05, 0.1) is 12.3 Å². The zero-order chi connectivity index (χ0) is 15.8. The van der Waals surface area contributed by atoms with Crippen molar-refractivity contribution in [2.45, 2.75) is 32.6 Å². The summed E-state index contributed by atoms with van der Waals surface area (Å²) in [7, 11) is 1.66. The number of nitrogens with zero attached hydrogens (tertiary/aromatic N) is 1. The maximum Gasteiger partial charge on any atom is 0.239 e. The number of rotatable bonds is 7. The summed E-state index contributed by atoms with van der Waals surface area (Å²) in [4.78, 5) is 25.0. The number of hydrogen-bond donors (Lipinski definition) is 1. The van der Waals surface area contributed by atoms with Crippen LogP contribution in [0.15, 0.2) is 24.3 Å². The van der Waals surface area contributed by atoms with Gasteiger partial charge in [-0.05, 0) is 26.3 Å². The van der Waals surface area contributed by atoms with Gasteiger partial charge in [-0.1, -0.05) is 29.8 Å². The number of hydrogen-bond acceptors (Lipinski definition) is 3. The Balaban J connectivity index is 2.29. The Morgan fingerprint density at radius 1 is 1.24 bits per heavy atom. The molecule has 21 heavy (non-hydrogen) atoms. The zero-order valence-corrected chi connectivity index (χ0v) is 14.0. The third-order valence-electron chi connectivity index (χ3n) is 2.87. The van der Waals surface area contributed by atoms with Crippen LogP contribution in [0.25, 0.3) is 0 Å². The molecular formula is C16H24N2O2S. The van der Waals surface area contributed by atoms with E-state index in [-0.39, 0.29) is 24.4 Å². The molecule has 0 aliphatic rings. The molecule has 2 amide bonds. The van der Waals surface area contributed by atoms with Crippen LogP contribution in [0.5, 0.6) is 0 Å². The lowest BCUT2D eigenvalue weighted by molar-refractivity contribution is -0.132. The molecule has 0 bridgehead atoms. The van der Waals surface area contributed by atoms with Gasteiger partial charge in [-0.15, -0.1) is 11.8 Å². The first-order valence-corrected chi connectivity index (χ1v) is 8.20. The maximum absolute atomic E-state index is 11.9. The minimum absolute atomic E-state index is 0.0222. The van der Waals surface area contributed by atoms with Crippen molar-refractivity contribution in [3.63, 3.8) is 0 Å². The monoisotopic (exact) mass is 308 g/mol. The fourth-order valence-corrected chi connectivity index (χ4v) is 2.65. The minimum Gasteiger partial charge on any atom is -0.352 e. The van der Waals surface area contributed by atoms with Gasteiger partial charge in [0.25, 0.3) is 0 Å². The normalized spacial score (nSPS) is 10.5. The lowest BCUT2D eigenvalue weighted by atomic mass is 10.2. The van der Waals surface area contributed by atoms with Crippen LogP contribution in [0.2, 0.25) is 0 Å². The molecule has 0 aromatic heterocycles. The number of nitrogens with one attached hydrogen (secondary N) is 1. The molecule has 0 atom stereocenters. The highest BCUT2D eigenvalue weighted by atomic mass is 32.2. The van der Waals surface area contributed by atoms with E-state index >= 15 is 0 Å². The standard InChI is InChI=1S/C16H24N2O2S/c1-12(2)17-15(19)9-18(4)16(20)11-21-10-14-7-5-13(3)6-8-14/h5-8,12H,9-11H2,1-4H3,(H,17,19). The van der Waals surface area contributed by atoms with Crippen molar-refractivity contribution < 1.29 is 9.59 Å². The Morgan fingerprint density at radius 2 is 1.86 bits per heavy atom. The van der Waals surface area contributed by atoms with Gasteiger partial charge in [0, 0.05) is 18.8 Å². The molecule has 0 aliphatic carbocycles. The van der Waals surface area contributed by atoms with E-state index < -0.39 is 0 Å². The van der Waals surface area contributed by atoms with Gasteiger partial charge in [-0.3, -0.25) is 9.59 Å². The summed E-state index contributed by atoms with van der Waals surface area (Å²) in [5.41, 5.74) is 2.44. The molecule has 0 radical (unpaired) electrons. The van der Waals surface area contributed by atoms with E-state index in [2.05, 4.69) is 36.5 Å². The van der Waals surface area contributed by atoms with Crippen molar-refractivity contribution in [3.05, 3.63) is 35.4 Å². The van der Waals surface area contributed by atoms with Gasteiger partial charge in [-0.2, -0.15) is 0 Å². The summed E-state index contributed by atoms with van der Waals surface area (Å²) in [6, 6.07) is 8.39.